The predicted octanol–water partition coefficient (Wildman–Crippen LogP) is 2.05. The second kappa shape index (κ2) is 7.33. The van der Waals surface area contributed by atoms with Gasteiger partial charge in [-0.25, -0.2) is 4.39 Å². The summed E-state index contributed by atoms with van der Waals surface area (Å²) in [5.74, 6) is 0.400. The van der Waals surface area contributed by atoms with E-state index in [-0.39, 0.29) is 37.3 Å². The average Bonchev–Trinajstić information content (AvgIpc) is 3.09. The van der Waals surface area contributed by atoms with Crippen LogP contribution in [0.5, 0.6) is 0 Å². The smallest absolute Gasteiger partial charge is 0.243 e. The van der Waals surface area contributed by atoms with E-state index in [9.17, 15) is 9.18 Å². The molecule has 3 rings (SSSR count). The van der Waals surface area contributed by atoms with Crippen LogP contribution in [0.15, 0.2) is 34.9 Å². The maximum Gasteiger partial charge on any atom is 0.243 e. The lowest BCUT2D eigenvalue weighted by atomic mass is 10.2. The van der Waals surface area contributed by atoms with Crippen LogP contribution < -0.4 is 10.6 Å². The Labute approximate surface area is 132 Å². The molecule has 1 aliphatic rings. The van der Waals surface area contributed by atoms with Gasteiger partial charge in [-0.2, -0.15) is 4.98 Å². The van der Waals surface area contributed by atoms with E-state index in [0.717, 1.165) is 0 Å². The summed E-state index contributed by atoms with van der Waals surface area (Å²) in [5.41, 5.74) is 0.712. The van der Waals surface area contributed by atoms with Gasteiger partial charge in [-0.1, -0.05) is 23.4 Å². The zero-order valence-electron chi connectivity index (χ0n) is 11.7. The van der Waals surface area contributed by atoms with Crippen molar-refractivity contribution in [2.75, 3.05) is 11.9 Å². The summed E-state index contributed by atoms with van der Waals surface area (Å²) in [6, 6.07) is 8.86. The minimum absolute atomic E-state index is 0. The molecule has 1 aromatic heterocycles. The van der Waals surface area contributed by atoms with Crippen LogP contribution in [0.2, 0.25) is 0 Å². The SMILES string of the molecule is Cl.O=C(Cc1noc([C@H]2C[C@H](F)CN2)n1)Nc1ccccc1. The fourth-order valence-electron chi connectivity index (χ4n) is 2.23. The van der Waals surface area contributed by atoms with Crippen molar-refractivity contribution in [1.82, 2.24) is 15.5 Å². The second-order valence-corrected chi connectivity index (χ2v) is 4.93. The second-order valence-electron chi connectivity index (χ2n) is 4.93. The number of carbonyl (C=O) groups is 1. The molecule has 1 aliphatic heterocycles. The van der Waals surface area contributed by atoms with Crippen LogP contribution in [-0.2, 0) is 11.2 Å². The molecule has 2 aromatic rings. The van der Waals surface area contributed by atoms with Gasteiger partial charge in [0, 0.05) is 18.7 Å². The third-order valence-electron chi connectivity index (χ3n) is 3.24. The molecule has 1 saturated heterocycles. The summed E-state index contributed by atoms with van der Waals surface area (Å²) < 4.78 is 18.2. The van der Waals surface area contributed by atoms with E-state index in [2.05, 4.69) is 20.8 Å². The predicted molar refractivity (Wildman–Crippen MR) is 80.6 cm³/mol. The highest BCUT2D eigenvalue weighted by atomic mass is 35.5. The fourth-order valence-corrected chi connectivity index (χ4v) is 2.23. The lowest BCUT2D eigenvalue weighted by Crippen LogP contribution is -2.16. The van der Waals surface area contributed by atoms with Gasteiger partial charge >= 0.3 is 0 Å². The minimum Gasteiger partial charge on any atom is -0.338 e. The van der Waals surface area contributed by atoms with Crippen molar-refractivity contribution < 1.29 is 13.7 Å². The van der Waals surface area contributed by atoms with Crippen molar-refractivity contribution >= 4 is 24.0 Å². The first-order valence-electron chi connectivity index (χ1n) is 6.75. The molecule has 2 N–H and O–H groups in total. The van der Waals surface area contributed by atoms with Crippen LogP contribution >= 0.6 is 12.4 Å². The highest BCUT2D eigenvalue weighted by Gasteiger charge is 2.29. The number of anilines is 1. The first kappa shape index (κ1) is 16.4. The Hall–Kier alpha value is -1.99. The Bertz CT molecular complexity index is 622. The molecule has 1 amide bonds. The molecule has 118 valence electrons. The van der Waals surface area contributed by atoms with Crippen LogP contribution in [-0.4, -0.2) is 28.8 Å². The van der Waals surface area contributed by atoms with E-state index in [4.69, 9.17) is 4.52 Å². The number of nitrogens with one attached hydrogen (secondary N) is 2. The van der Waals surface area contributed by atoms with E-state index in [1.54, 1.807) is 12.1 Å². The first-order chi connectivity index (χ1) is 10.2. The quantitative estimate of drug-likeness (QED) is 0.898. The maximum atomic E-state index is 13.1. The molecule has 0 radical (unpaired) electrons. The van der Waals surface area contributed by atoms with Crippen molar-refractivity contribution in [3.63, 3.8) is 0 Å². The molecular formula is C14H16ClFN4O2. The molecule has 0 saturated carbocycles. The van der Waals surface area contributed by atoms with Gasteiger partial charge in [-0.3, -0.25) is 4.79 Å². The van der Waals surface area contributed by atoms with Crippen molar-refractivity contribution in [2.24, 2.45) is 0 Å². The summed E-state index contributed by atoms with van der Waals surface area (Å²) >= 11 is 0. The zero-order chi connectivity index (χ0) is 14.7. The number of amides is 1. The Morgan fingerprint density at radius 2 is 2.18 bits per heavy atom. The number of hydrogen-bond acceptors (Lipinski definition) is 5. The van der Waals surface area contributed by atoms with Gasteiger partial charge in [0.25, 0.3) is 0 Å². The van der Waals surface area contributed by atoms with Crippen molar-refractivity contribution in [3.8, 4) is 0 Å². The van der Waals surface area contributed by atoms with Gasteiger partial charge in [0.15, 0.2) is 5.82 Å². The van der Waals surface area contributed by atoms with E-state index < -0.39 is 6.17 Å². The topological polar surface area (TPSA) is 80.1 Å². The number of rotatable bonds is 4. The number of benzene rings is 1. The summed E-state index contributed by atoms with van der Waals surface area (Å²) in [6.45, 7) is 0.289. The van der Waals surface area contributed by atoms with Gasteiger partial charge < -0.3 is 15.2 Å². The summed E-state index contributed by atoms with van der Waals surface area (Å²) in [4.78, 5) is 16.0. The minimum atomic E-state index is -0.897. The number of para-hydroxylation sites is 1. The van der Waals surface area contributed by atoms with Crippen LogP contribution in [0.3, 0.4) is 0 Å². The average molecular weight is 327 g/mol. The number of alkyl halides is 1. The third-order valence-corrected chi connectivity index (χ3v) is 3.24. The van der Waals surface area contributed by atoms with E-state index in [1.165, 1.54) is 0 Å². The van der Waals surface area contributed by atoms with Crippen LogP contribution in [0, 0.1) is 0 Å². The molecule has 2 heterocycles. The normalized spacial score (nSPS) is 20.4. The highest BCUT2D eigenvalue weighted by molar-refractivity contribution is 5.91. The monoisotopic (exact) mass is 326 g/mol. The fraction of sp³-hybridized carbons (Fsp3) is 0.357. The van der Waals surface area contributed by atoms with E-state index in [0.29, 0.717) is 23.8 Å². The van der Waals surface area contributed by atoms with Crippen molar-refractivity contribution in [3.05, 3.63) is 42.0 Å². The van der Waals surface area contributed by atoms with Crippen LogP contribution in [0.1, 0.15) is 24.2 Å². The van der Waals surface area contributed by atoms with Gasteiger partial charge in [0.2, 0.25) is 11.8 Å². The number of halogens is 2. The maximum absolute atomic E-state index is 13.1. The third kappa shape index (κ3) is 4.02. The first-order valence-corrected chi connectivity index (χ1v) is 6.75. The molecule has 0 aliphatic carbocycles. The standard InChI is InChI=1S/C14H15FN4O2.ClH/c15-9-6-11(16-8-9)14-18-12(19-21-14)7-13(20)17-10-4-2-1-3-5-10;/h1-5,9,11,16H,6-8H2,(H,17,20);1H/t9-,11+;/m0./s1. The molecule has 6 nitrogen and oxygen atoms in total. The Morgan fingerprint density at radius 1 is 1.41 bits per heavy atom. The Kier molecular flexibility index (Phi) is 5.46. The largest absolute Gasteiger partial charge is 0.338 e. The Balaban J connectivity index is 0.00000176. The van der Waals surface area contributed by atoms with Crippen LogP contribution in [0.25, 0.3) is 0 Å². The number of carbonyl (C=O) groups excluding carboxylic acids is 1. The van der Waals surface area contributed by atoms with Gasteiger partial charge in [-0.05, 0) is 12.1 Å². The van der Waals surface area contributed by atoms with E-state index in [1.807, 2.05) is 18.2 Å². The molecule has 0 spiro atoms. The molecule has 0 bridgehead atoms. The van der Waals surface area contributed by atoms with Gasteiger partial charge in [-0.15, -0.1) is 12.4 Å². The number of hydrogen-bond donors (Lipinski definition) is 2. The van der Waals surface area contributed by atoms with Crippen molar-refractivity contribution in [1.29, 1.82) is 0 Å². The molecule has 2 atom stereocenters. The molecule has 1 fully saturated rings. The van der Waals surface area contributed by atoms with Crippen molar-refractivity contribution in [2.45, 2.75) is 25.1 Å². The highest BCUT2D eigenvalue weighted by Crippen LogP contribution is 2.23. The summed E-state index contributed by atoms with van der Waals surface area (Å²) in [7, 11) is 0. The van der Waals surface area contributed by atoms with E-state index >= 15 is 0 Å². The van der Waals surface area contributed by atoms with Crippen LogP contribution in [0.4, 0.5) is 10.1 Å². The molecular weight excluding hydrogens is 311 g/mol. The molecule has 0 unspecified atom stereocenters. The lowest BCUT2D eigenvalue weighted by molar-refractivity contribution is -0.115. The molecule has 1 aromatic carbocycles. The molecule has 8 heteroatoms. The molecule has 22 heavy (non-hydrogen) atoms. The zero-order valence-corrected chi connectivity index (χ0v) is 12.5. The lowest BCUT2D eigenvalue weighted by Gasteiger charge is -2.02. The summed E-state index contributed by atoms with van der Waals surface area (Å²) in [6.07, 6.45) is -0.561. The number of aromatic nitrogens is 2. The summed E-state index contributed by atoms with van der Waals surface area (Å²) in [5, 5.41) is 9.46. The van der Waals surface area contributed by atoms with Gasteiger partial charge in [0.05, 0.1) is 12.5 Å². The Morgan fingerprint density at radius 3 is 2.86 bits per heavy atom. The van der Waals surface area contributed by atoms with Gasteiger partial charge in [0.1, 0.15) is 6.17 Å². The number of nitrogens with zero attached hydrogens (tertiary/aromatic N) is 2.